The van der Waals surface area contributed by atoms with Crippen LogP contribution in [0.5, 0.6) is 0 Å². The van der Waals surface area contributed by atoms with Gasteiger partial charge in [0.25, 0.3) is 0 Å². The SMILES string of the molecule is CC(C)C(=O)c1ncccc1C(F)(F)F. The van der Waals surface area contributed by atoms with Gasteiger partial charge < -0.3 is 0 Å². The van der Waals surface area contributed by atoms with Crippen molar-refractivity contribution in [3.05, 3.63) is 29.6 Å². The molecular weight excluding hydrogens is 207 g/mol. The first-order chi connectivity index (χ1) is 6.84. The van der Waals surface area contributed by atoms with Crippen LogP contribution < -0.4 is 0 Å². The van der Waals surface area contributed by atoms with Gasteiger partial charge in [-0.2, -0.15) is 13.2 Å². The van der Waals surface area contributed by atoms with Crippen LogP contribution in [0.25, 0.3) is 0 Å². The van der Waals surface area contributed by atoms with Gasteiger partial charge in [0.15, 0.2) is 5.78 Å². The molecule has 1 aromatic heterocycles. The zero-order chi connectivity index (χ0) is 11.6. The number of carbonyl (C=O) groups excluding carboxylic acids is 1. The highest BCUT2D eigenvalue weighted by molar-refractivity contribution is 5.97. The predicted molar refractivity (Wildman–Crippen MR) is 48.4 cm³/mol. The van der Waals surface area contributed by atoms with Gasteiger partial charge in [-0.3, -0.25) is 9.78 Å². The van der Waals surface area contributed by atoms with Crippen molar-refractivity contribution in [3.63, 3.8) is 0 Å². The number of Topliss-reactive ketones (excluding diaryl/α,β-unsaturated/α-hetero) is 1. The summed E-state index contributed by atoms with van der Waals surface area (Å²) in [6.07, 6.45) is -3.35. The lowest BCUT2D eigenvalue weighted by molar-refractivity contribution is -0.138. The average molecular weight is 217 g/mol. The molecule has 0 aliphatic rings. The van der Waals surface area contributed by atoms with Gasteiger partial charge in [-0.15, -0.1) is 0 Å². The van der Waals surface area contributed by atoms with E-state index in [9.17, 15) is 18.0 Å². The number of pyridine rings is 1. The summed E-state index contributed by atoms with van der Waals surface area (Å²) in [5, 5.41) is 0. The first-order valence-corrected chi connectivity index (χ1v) is 4.40. The second kappa shape index (κ2) is 4.00. The molecule has 0 aromatic carbocycles. The van der Waals surface area contributed by atoms with E-state index in [1.807, 2.05) is 0 Å². The third kappa shape index (κ3) is 2.55. The van der Waals surface area contributed by atoms with Gasteiger partial charge in [-0.25, -0.2) is 0 Å². The Balaban J connectivity index is 3.25. The lowest BCUT2D eigenvalue weighted by Gasteiger charge is -2.11. The van der Waals surface area contributed by atoms with Crippen molar-refractivity contribution >= 4 is 5.78 Å². The van der Waals surface area contributed by atoms with Gasteiger partial charge in [0, 0.05) is 12.1 Å². The summed E-state index contributed by atoms with van der Waals surface area (Å²) in [7, 11) is 0. The zero-order valence-corrected chi connectivity index (χ0v) is 8.30. The number of rotatable bonds is 2. The maximum absolute atomic E-state index is 12.5. The fraction of sp³-hybridized carbons (Fsp3) is 0.400. The van der Waals surface area contributed by atoms with Crippen molar-refractivity contribution in [1.29, 1.82) is 0 Å². The molecule has 5 heteroatoms. The van der Waals surface area contributed by atoms with E-state index >= 15 is 0 Å². The Morgan fingerprint density at radius 3 is 2.47 bits per heavy atom. The van der Waals surface area contributed by atoms with Gasteiger partial charge in [0.2, 0.25) is 0 Å². The standard InChI is InChI=1S/C10H10F3NO/c1-6(2)9(15)8-7(10(11,12)13)4-3-5-14-8/h3-6H,1-2H3. The molecule has 1 aromatic rings. The second-order valence-electron chi connectivity index (χ2n) is 3.42. The molecule has 1 heterocycles. The van der Waals surface area contributed by atoms with Crippen LogP contribution in [-0.4, -0.2) is 10.8 Å². The fourth-order valence-corrected chi connectivity index (χ4v) is 1.10. The van der Waals surface area contributed by atoms with Crippen molar-refractivity contribution in [2.24, 2.45) is 5.92 Å². The molecule has 0 aliphatic heterocycles. The van der Waals surface area contributed by atoms with Crippen molar-refractivity contribution in [2.45, 2.75) is 20.0 Å². The molecule has 15 heavy (non-hydrogen) atoms. The average Bonchev–Trinajstić information content (AvgIpc) is 2.15. The molecule has 82 valence electrons. The summed E-state index contributed by atoms with van der Waals surface area (Å²) in [6, 6.07) is 2.03. The number of nitrogens with zero attached hydrogens (tertiary/aromatic N) is 1. The molecule has 0 unspecified atom stereocenters. The molecule has 0 radical (unpaired) electrons. The minimum atomic E-state index is -4.53. The van der Waals surface area contributed by atoms with Crippen LogP contribution in [0.4, 0.5) is 13.2 Å². The molecule has 1 rings (SSSR count). The van der Waals surface area contributed by atoms with E-state index in [-0.39, 0.29) is 0 Å². The molecule has 0 bridgehead atoms. The Morgan fingerprint density at radius 1 is 1.40 bits per heavy atom. The maximum atomic E-state index is 12.5. The van der Waals surface area contributed by atoms with Crippen molar-refractivity contribution in [2.75, 3.05) is 0 Å². The maximum Gasteiger partial charge on any atom is 0.418 e. The normalized spacial score (nSPS) is 11.9. The van der Waals surface area contributed by atoms with E-state index in [1.54, 1.807) is 0 Å². The van der Waals surface area contributed by atoms with Crippen molar-refractivity contribution < 1.29 is 18.0 Å². The smallest absolute Gasteiger partial charge is 0.292 e. The largest absolute Gasteiger partial charge is 0.418 e. The highest BCUT2D eigenvalue weighted by atomic mass is 19.4. The van der Waals surface area contributed by atoms with Gasteiger partial charge in [-0.05, 0) is 12.1 Å². The van der Waals surface area contributed by atoms with E-state index in [1.165, 1.54) is 26.1 Å². The minimum absolute atomic E-state index is 0.499. The van der Waals surface area contributed by atoms with Crippen LogP contribution in [0.2, 0.25) is 0 Å². The molecule has 0 aliphatic carbocycles. The highest BCUT2D eigenvalue weighted by Gasteiger charge is 2.36. The van der Waals surface area contributed by atoms with E-state index in [2.05, 4.69) is 4.98 Å². The lowest BCUT2D eigenvalue weighted by Crippen LogP contribution is -2.18. The number of alkyl halides is 3. The van der Waals surface area contributed by atoms with Gasteiger partial charge in [-0.1, -0.05) is 13.8 Å². The van der Waals surface area contributed by atoms with E-state index in [0.717, 1.165) is 6.07 Å². The molecule has 0 saturated carbocycles. The summed E-state index contributed by atoms with van der Waals surface area (Å²) < 4.78 is 37.4. The van der Waals surface area contributed by atoms with Crippen LogP contribution in [-0.2, 0) is 6.18 Å². The first kappa shape index (κ1) is 11.7. The predicted octanol–water partition coefficient (Wildman–Crippen LogP) is 2.94. The Kier molecular flexibility index (Phi) is 3.12. The summed E-state index contributed by atoms with van der Waals surface area (Å²) in [4.78, 5) is 14.9. The molecule has 0 amide bonds. The lowest BCUT2D eigenvalue weighted by atomic mass is 10.0. The highest BCUT2D eigenvalue weighted by Crippen LogP contribution is 2.31. The fourth-order valence-electron chi connectivity index (χ4n) is 1.10. The Bertz CT molecular complexity index is 371. The number of ketones is 1. The Morgan fingerprint density at radius 2 is 2.00 bits per heavy atom. The van der Waals surface area contributed by atoms with Crippen LogP contribution in [0.3, 0.4) is 0 Å². The van der Waals surface area contributed by atoms with Gasteiger partial charge in [0.1, 0.15) is 5.69 Å². The summed E-state index contributed by atoms with van der Waals surface area (Å²) in [5.41, 5.74) is -1.47. The minimum Gasteiger partial charge on any atom is -0.292 e. The third-order valence-electron chi connectivity index (χ3n) is 1.87. The number of hydrogen-bond acceptors (Lipinski definition) is 2. The van der Waals surface area contributed by atoms with E-state index < -0.39 is 29.1 Å². The Hall–Kier alpha value is -1.39. The van der Waals surface area contributed by atoms with E-state index in [4.69, 9.17) is 0 Å². The number of aromatic nitrogens is 1. The topological polar surface area (TPSA) is 30.0 Å². The molecule has 0 spiro atoms. The van der Waals surface area contributed by atoms with Crippen LogP contribution >= 0.6 is 0 Å². The number of halogens is 3. The quantitative estimate of drug-likeness (QED) is 0.713. The summed E-state index contributed by atoms with van der Waals surface area (Å²) >= 11 is 0. The van der Waals surface area contributed by atoms with Crippen LogP contribution in [0, 0.1) is 5.92 Å². The monoisotopic (exact) mass is 217 g/mol. The molecule has 0 fully saturated rings. The Labute approximate surface area is 85.1 Å². The molecule has 2 nitrogen and oxygen atoms in total. The molecule has 0 saturated heterocycles. The zero-order valence-electron chi connectivity index (χ0n) is 8.30. The first-order valence-electron chi connectivity index (χ1n) is 4.40. The second-order valence-corrected chi connectivity index (χ2v) is 3.42. The van der Waals surface area contributed by atoms with E-state index in [0.29, 0.717) is 0 Å². The third-order valence-corrected chi connectivity index (χ3v) is 1.87. The van der Waals surface area contributed by atoms with Crippen molar-refractivity contribution in [3.8, 4) is 0 Å². The number of carbonyl (C=O) groups is 1. The molecule has 0 N–H and O–H groups in total. The van der Waals surface area contributed by atoms with Crippen molar-refractivity contribution in [1.82, 2.24) is 4.98 Å². The number of hydrogen-bond donors (Lipinski definition) is 0. The molecule has 0 atom stereocenters. The van der Waals surface area contributed by atoms with Crippen LogP contribution in [0.1, 0.15) is 29.9 Å². The molecular formula is C10H10F3NO. The van der Waals surface area contributed by atoms with Gasteiger partial charge in [0.05, 0.1) is 5.56 Å². The van der Waals surface area contributed by atoms with Crippen LogP contribution in [0.15, 0.2) is 18.3 Å². The summed E-state index contributed by atoms with van der Waals surface area (Å²) in [6.45, 7) is 3.08. The summed E-state index contributed by atoms with van der Waals surface area (Å²) in [5.74, 6) is -1.09. The van der Waals surface area contributed by atoms with Gasteiger partial charge >= 0.3 is 6.18 Å².